The molecule has 0 aliphatic heterocycles. The van der Waals surface area contributed by atoms with E-state index in [1.54, 1.807) is 0 Å². The molecule has 1 aromatic heterocycles. The van der Waals surface area contributed by atoms with Gasteiger partial charge in [0.15, 0.2) is 0 Å². The van der Waals surface area contributed by atoms with Crippen molar-refractivity contribution in [3.63, 3.8) is 0 Å². The van der Waals surface area contributed by atoms with Gasteiger partial charge in [-0.25, -0.2) is 4.79 Å². The molecule has 3 N–H and O–H groups in total. The summed E-state index contributed by atoms with van der Waals surface area (Å²) in [5, 5.41) is 0. The number of H-pyrrole nitrogens is 1. The van der Waals surface area contributed by atoms with Crippen molar-refractivity contribution < 1.29 is 0 Å². The molecular formula is C11H19N3O2. The highest BCUT2D eigenvalue weighted by atomic mass is 16.2. The van der Waals surface area contributed by atoms with Crippen molar-refractivity contribution in [1.82, 2.24) is 9.55 Å². The summed E-state index contributed by atoms with van der Waals surface area (Å²) in [6.45, 7) is 6.11. The van der Waals surface area contributed by atoms with E-state index < -0.39 is 11.2 Å². The number of nitrogen functional groups attached to an aromatic ring is 1. The summed E-state index contributed by atoms with van der Waals surface area (Å²) in [5.74, 6) is 0.610. The number of nitrogens with two attached hydrogens (primary N) is 1. The van der Waals surface area contributed by atoms with E-state index in [-0.39, 0.29) is 11.9 Å². The Morgan fingerprint density at radius 2 is 1.94 bits per heavy atom. The van der Waals surface area contributed by atoms with E-state index >= 15 is 0 Å². The molecule has 1 heterocycles. The molecule has 0 aliphatic carbocycles. The van der Waals surface area contributed by atoms with Gasteiger partial charge in [-0.05, 0) is 12.8 Å². The molecule has 0 aromatic carbocycles. The first-order valence-corrected chi connectivity index (χ1v) is 5.62. The minimum absolute atomic E-state index is 0.000602. The number of nitrogens with zero attached hydrogens (tertiary/aromatic N) is 1. The number of rotatable bonds is 4. The van der Waals surface area contributed by atoms with Crippen LogP contribution in [0, 0.1) is 5.92 Å². The van der Waals surface area contributed by atoms with Crippen molar-refractivity contribution in [3.05, 3.63) is 26.9 Å². The molecule has 16 heavy (non-hydrogen) atoms. The average Bonchev–Trinajstić information content (AvgIpc) is 2.17. The van der Waals surface area contributed by atoms with Crippen molar-refractivity contribution in [2.24, 2.45) is 5.92 Å². The lowest BCUT2D eigenvalue weighted by Gasteiger charge is -2.24. The Balaban J connectivity index is 3.23. The van der Waals surface area contributed by atoms with Gasteiger partial charge in [-0.3, -0.25) is 14.3 Å². The normalized spacial score (nSPS) is 13.0. The van der Waals surface area contributed by atoms with Crippen LogP contribution in [0.25, 0.3) is 0 Å². The first-order chi connectivity index (χ1) is 7.51. The topological polar surface area (TPSA) is 80.9 Å². The van der Waals surface area contributed by atoms with Crippen molar-refractivity contribution in [2.45, 2.75) is 39.7 Å². The molecule has 5 heteroatoms. The molecule has 0 radical (unpaired) electrons. The van der Waals surface area contributed by atoms with Crippen LogP contribution in [0.3, 0.4) is 0 Å². The van der Waals surface area contributed by atoms with Gasteiger partial charge in [0.05, 0.1) is 0 Å². The quantitative estimate of drug-likeness (QED) is 0.805. The third-order valence-electron chi connectivity index (χ3n) is 3.14. The molecule has 1 unspecified atom stereocenters. The van der Waals surface area contributed by atoms with Crippen LogP contribution in [0.15, 0.2) is 15.7 Å². The molecule has 5 nitrogen and oxygen atoms in total. The number of aromatic amines is 1. The molecule has 1 aromatic rings. The summed E-state index contributed by atoms with van der Waals surface area (Å²) < 4.78 is 1.46. The van der Waals surface area contributed by atoms with E-state index in [0.717, 1.165) is 12.8 Å². The lowest BCUT2D eigenvalue weighted by Crippen LogP contribution is -2.35. The maximum atomic E-state index is 11.7. The lowest BCUT2D eigenvalue weighted by molar-refractivity contribution is 0.326. The number of hydrogen-bond acceptors (Lipinski definition) is 3. The molecule has 1 atom stereocenters. The zero-order valence-electron chi connectivity index (χ0n) is 9.99. The van der Waals surface area contributed by atoms with Gasteiger partial charge in [-0.15, -0.1) is 0 Å². The van der Waals surface area contributed by atoms with Gasteiger partial charge in [-0.1, -0.05) is 26.7 Å². The molecule has 0 bridgehead atoms. The summed E-state index contributed by atoms with van der Waals surface area (Å²) in [7, 11) is 0. The summed E-state index contributed by atoms with van der Waals surface area (Å²) in [6.07, 6.45) is 1.95. The maximum Gasteiger partial charge on any atom is 0.330 e. The second kappa shape index (κ2) is 5.01. The minimum atomic E-state index is -0.449. The largest absolute Gasteiger partial charge is 0.385 e. The van der Waals surface area contributed by atoms with Crippen LogP contribution in [0.1, 0.15) is 39.7 Å². The van der Waals surface area contributed by atoms with Crippen LogP contribution in [-0.4, -0.2) is 9.55 Å². The Hall–Kier alpha value is -1.52. The van der Waals surface area contributed by atoms with Crippen LogP contribution in [-0.2, 0) is 0 Å². The van der Waals surface area contributed by atoms with E-state index in [1.165, 1.54) is 10.6 Å². The highest BCUT2D eigenvalue weighted by molar-refractivity contribution is 5.27. The van der Waals surface area contributed by atoms with E-state index in [2.05, 4.69) is 18.8 Å². The van der Waals surface area contributed by atoms with E-state index in [0.29, 0.717) is 5.92 Å². The smallest absolute Gasteiger partial charge is 0.330 e. The van der Waals surface area contributed by atoms with Gasteiger partial charge in [0.2, 0.25) is 0 Å². The second-order valence-corrected chi connectivity index (χ2v) is 4.05. The molecule has 0 spiro atoms. The summed E-state index contributed by atoms with van der Waals surface area (Å²) in [5.41, 5.74) is 4.84. The fraction of sp³-hybridized carbons (Fsp3) is 0.636. The Morgan fingerprint density at radius 1 is 1.38 bits per heavy atom. The summed E-state index contributed by atoms with van der Waals surface area (Å²) >= 11 is 0. The van der Waals surface area contributed by atoms with E-state index in [1.807, 2.05) is 6.92 Å². The number of nitrogens with one attached hydrogen (secondary N) is 1. The predicted octanol–water partition coefficient (Wildman–Crippen LogP) is 1.12. The van der Waals surface area contributed by atoms with Crippen LogP contribution in [0.2, 0.25) is 0 Å². The number of aromatic nitrogens is 2. The SMILES string of the molecule is CCC(CC)C(C)n1c(N)cc(=O)[nH]c1=O. The number of hydrogen-bond donors (Lipinski definition) is 2. The molecule has 90 valence electrons. The van der Waals surface area contributed by atoms with Crippen LogP contribution >= 0.6 is 0 Å². The van der Waals surface area contributed by atoms with Crippen molar-refractivity contribution in [2.75, 3.05) is 5.73 Å². The molecule has 1 rings (SSSR count). The monoisotopic (exact) mass is 225 g/mol. The highest BCUT2D eigenvalue weighted by Crippen LogP contribution is 2.23. The van der Waals surface area contributed by atoms with Crippen molar-refractivity contribution in [1.29, 1.82) is 0 Å². The van der Waals surface area contributed by atoms with Gasteiger partial charge < -0.3 is 5.73 Å². The van der Waals surface area contributed by atoms with Gasteiger partial charge in [0.1, 0.15) is 5.82 Å². The Bertz CT molecular complexity index is 457. The Labute approximate surface area is 94.3 Å². The first-order valence-electron chi connectivity index (χ1n) is 5.62. The third-order valence-corrected chi connectivity index (χ3v) is 3.14. The molecule has 0 amide bonds. The van der Waals surface area contributed by atoms with Gasteiger partial charge in [0.25, 0.3) is 5.56 Å². The predicted molar refractivity (Wildman–Crippen MR) is 64.5 cm³/mol. The zero-order chi connectivity index (χ0) is 12.3. The van der Waals surface area contributed by atoms with E-state index in [4.69, 9.17) is 5.73 Å². The molecular weight excluding hydrogens is 206 g/mol. The molecule has 0 saturated carbocycles. The Kier molecular flexibility index (Phi) is 3.93. The molecule has 0 aliphatic rings. The van der Waals surface area contributed by atoms with Gasteiger partial charge >= 0.3 is 5.69 Å². The zero-order valence-corrected chi connectivity index (χ0v) is 9.99. The molecule has 0 fully saturated rings. The maximum absolute atomic E-state index is 11.7. The minimum Gasteiger partial charge on any atom is -0.385 e. The summed E-state index contributed by atoms with van der Waals surface area (Å²) in [4.78, 5) is 24.9. The van der Waals surface area contributed by atoms with Gasteiger partial charge in [0, 0.05) is 12.1 Å². The summed E-state index contributed by atoms with van der Waals surface area (Å²) in [6, 6.07) is 1.25. The number of anilines is 1. The lowest BCUT2D eigenvalue weighted by atomic mass is 9.95. The average molecular weight is 225 g/mol. The second-order valence-electron chi connectivity index (χ2n) is 4.05. The van der Waals surface area contributed by atoms with Crippen LogP contribution < -0.4 is 17.0 Å². The van der Waals surface area contributed by atoms with Crippen molar-refractivity contribution >= 4 is 5.82 Å². The standard InChI is InChI=1S/C11H19N3O2/c1-4-8(5-2)7(3)14-9(12)6-10(15)13-11(14)16/h6-8H,4-5,12H2,1-3H3,(H,13,15,16). The van der Waals surface area contributed by atoms with Crippen LogP contribution in [0.5, 0.6) is 0 Å². The fourth-order valence-corrected chi connectivity index (χ4v) is 2.12. The third kappa shape index (κ3) is 2.35. The highest BCUT2D eigenvalue weighted by Gasteiger charge is 2.18. The van der Waals surface area contributed by atoms with Gasteiger partial charge in [-0.2, -0.15) is 0 Å². The fourth-order valence-electron chi connectivity index (χ4n) is 2.12. The first kappa shape index (κ1) is 12.5. The molecule has 0 saturated heterocycles. The van der Waals surface area contributed by atoms with Crippen LogP contribution in [0.4, 0.5) is 5.82 Å². The van der Waals surface area contributed by atoms with E-state index in [9.17, 15) is 9.59 Å². The van der Waals surface area contributed by atoms with Crippen molar-refractivity contribution in [3.8, 4) is 0 Å². The Morgan fingerprint density at radius 3 is 2.38 bits per heavy atom.